The Labute approximate surface area is 117 Å². The first-order chi connectivity index (χ1) is 9.66. The van der Waals surface area contributed by atoms with E-state index in [0.717, 1.165) is 30.1 Å². The summed E-state index contributed by atoms with van der Waals surface area (Å²) >= 11 is 0. The van der Waals surface area contributed by atoms with Gasteiger partial charge < -0.3 is 15.6 Å². The molecule has 102 valence electrons. The lowest BCUT2D eigenvalue weighted by molar-refractivity contribution is 0.510. The number of nitrogen functional groups attached to an aromatic ring is 1. The summed E-state index contributed by atoms with van der Waals surface area (Å²) in [5.74, 6) is 1.31. The van der Waals surface area contributed by atoms with Gasteiger partial charge in [0.15, 0.2) is 0 Å². The average Bonchev–Trinajstić information content (AvgIpc) is 2.83. The molecule has 0 spiro atoms. The van der Waals surface area contributed by atoms with Crippen LogP contribution in [0.1, 0.15) is 25.3 Å². The smallest absolute Gasteiger partial charge is 0.143 e. The van der Waals surface area contributed by atoms with E-state index >= 15 is 0 Å². The summed E-state index contributed by atoms with van der Waals surface area (Å²) in [6, 6.07) is 4.15. The van der Waals surface area contributed by atoms with Gasteiger partial charge >= 0.3 is 0 Å². The van der Waals surface area contributed by atoms with Crippen LogP contribution < -0.4 is 10.6 Å². The Morgan fingerprint density at radius 3 is 3.20 bits per heavy atom. The number of nitrogens with one attached hydrogen (secondary N) is 1. The summed E-state index contributed by atoms with van der Waals surface area (Å²) in [6.07, 6.45) is 4.30. The molecule has 2 aromatic heterocycles. The summed E-state index contributed by atoms with van der Waals surface area (Å²) in [6.45, 7) is 4.42. The highest BCUT2D eigenvalue weighted by molar-refractivity contribution is 5.96. The Bertz CT molecular complexity index is 737. The quantitative estimate of drug-likeness (QED) is 0.874. The molecule has 0 aromatic carbocycles. The molecule has 1 saturated carbocycles. The number of H-pyrrole nitrogens is 1. The van der Waals surface area contributed by atoms with Crippen molar-refractivity contribution in [3.05, 3.63) is 17.8 Å². The van der Waals surface area contributed by atoms with Crippen LogP contribution >= 0.6 is 0 Å². The first-order valence-corrected chi connectivity index (χ1v) is 7.09. The normalized spacial score (nSPS) is 27.6. The van der Waals surface area contributed by atoms with E-state index in [2.05, 4.69) is 27.9 Å². The van der Waals surface area contributed by atoms with Crippen LogP contribution in [-0.2, 0) is 0 Å². The van der Waals surface area contributed by atoms with Crippen LogP contribution in [0.3, 0.4) is 0 Å². The first kappa shape index (κ1) is 11.6. The second-order valence-electron chi connectivity index (χ2n) is 6.10. The van der Waals surface area contributed by atoms with E-state index in [1.165, 1.54) is 12.8 Å². The molecule has 2 atom stereocenters. The molecule has 0 radical (unpaired) electrons. The molecule has 1 saturated heterocycles. The van der Waals surface area contributed by atoms with E-state index < -0.39 is 0 Å². The highest BCUT2D eigenvalue weighted by Gasteiger charge is 2.58. The van der Waals surface area contributed by atoms with E-state index in [1.54, 1.807) is 6.20 Å². The minimum atomic E-state index is 0.505. The van der Waals surface area contributed by atoms with Crippen molar-refractivity contribution in [1.82, 2.24) is 9.97 Å². The maximum Gasteiger partial charge on any atom is 0.143 e. The number of nitrogens with zero attached hydrogens (tertiary/aromatic N) is 3. The largest absolute Gasteiger partial charge is 0.384 e. The topological polar surface area (TPSA) is 81.7 Å². The second kappa shape index (κ2) is 3.66. The van der Waals surface area contributed by atoms with Gasteiger partial charge in [-0.2, -0.15) is 5.26 Å². The Hall–Kier alpha value is -2.22. The van der Waals surface area contributed by atoms with Gasteiger partial charge in [-0.1, -0.05) is 6.92 Å². The zero-order valence-corrected chi connectivity index (χ0v) is 11.5. The van der Waals surface area contributed by atoms with E-state index in [0.29, 0.717) is 22.4 Å². The molecule has 5 heteroatoms. The van der Waals surface area contributed by atoms with Gasteiger partial charge in [0.1, 0.15) is 17.5 Å². The lowest BCUT2D eigenvalue weighted by Crippen LogP contribution is -2.24. The van der Waals surface area contributed by atoms with Gasteiger partial charge in [-0.25, -0.2) is 4.98 Å². The number of pyridine rings is 1. The standard InChI is InChI=1S/C15H17N5/c1-2-15-4-10(15)7-20(8-15)11-3-12(17)19-14-13(11)9(5-16)6-18-14/h3,6,10H,2,4,7-8H2,1H3,(H3,17,18,19). The van der Waals surface area contributed by atoms with Gasteiger partial charge in [-0.05, 0) is 24.2 Å². The zero-order chi connectivity index (χ0) is 13.9. The lowest BCUT2D eigenvalue weighted by Gasteiger charge is -2.23. The van der Waals surface area contributed by atoms with Crippen LogP contribution in [-0.4, -0.2) is 23.1 Å². The van der Waals surface area contributed by atoms with Gasteiger partial charge in [0.05, 0.1) is 16.6 Å². The number of fused-ring (bicyclic) bond motifs is 2. The number of rotatable bonds is 2. The molecule has 2 unspecified atom stereocenters. The number of anilines is 2. The van der Waals surface area contributed by atoms with Gasteiger partial charge in [0, 0.05) is 25.4 Å². The summed E-state index contributed by atoms with van der Waals surface area (Å²) in [7, 11) is 0. The molecule has 1 aliphatic carbocycles. The third-order valence-electron chi connectivity index (χ3n) is 5.11. The molecule has 1 aliphatic heterocycles. The third-order valence-corrected chi connectivity index (χ3v) is 5.11. The second-order valence-corrected chi connectivity index (χ2v) is 6.10. The van der Waals surface area contributed by atoms with Crippen molar-refractivity contribution in [3.63, 3.8) is 0 Å². The zero-order valence-electron chi connectivity index (χ0n) is 11.5. The van der Waals surface area contributed by atoms with Crippen LogP contribution in [0.2, 0.25) is 0 Å². The number of hydrogen-bond acceptors (Lipinski definition) is 4. The van der Waals surface area contributed by atoms with E-state index in [9.17, 15) is 5.26 Å². The molecule has 0 bridgehead atoms. The minimum Gasteiger partial charge on any atom is -0.384 e. The van der Waals surface area contributed by atoms with Gasteiger partial charge in [0.25, 0.3) is 0 Å². The predicted molar refractivity (Wildman–Crippen MR) is 78.3 cm³/mol. The number of nitrogens with two attached hydrogens (primary N) is 1. The highest BCUT2D eigenvalue weighted by Crippen LogP contribution is 2.60. The molecular weight excluding hydrogens is 250 g/mol. The molecule has 5 nitrogen and oxygen atoms in total. The molecule has 2 fully saturated rings. The van der Waals surface area contributed by atoms with Gasteiger partial charge in [-0.3, -0.25) is 0 Å². The van der Waals surface area contributed by atoms with E-state index in [-0.39, 0.29) is 0 Å². The van der Waals surface area contributed by atoms with Crippen LogP contribution in [0, 0.1) is 22.7 Å². The molecule has 3 heterocycles. The molecule has 2 aliphatic rings. The molecule has 20 heavy (non-hydrogen) atoms. The summed E-state index contributed by atoms with van der Waals surface area (Å²) < 4.78 is 0. The van der Waals surface area contributed by atoms with Crippen molar-refractivity contribution < 1.29 is 0 Å². The number of aromatic nitrogens is 2. The highest BCUT2D eigenvalue weighted by atomic mass is 15.2. The number of nitriles is 1. The van der Waals surface area contributed by atoms with Crippen molar-refractivity contribution in [2.45, 2.75) is 19.8 Å². The Morgan fingerprint density at radius 2 is 2.50 bits per heavy atom. The van der Waals surface area contributed by atoms with Crippen LogP contribution in [0.15, 0.2) is 12.3 Å². The maximum atomic E-state index is 9.27. The minimum absolute atomic E-state index is 0.505. The van der Waals surface area contributed by atoms with Crippen LogP contribution in [0.25, 0.3) is 11.0 Å². The summed E-state index contributed by atoms with van der Waals surface area (Å²) in [4.78, 5) is 9.72. The molecular formula is C15H17N5. The summed E-state index contributed by atoms with van der Waals surface area (Å²) in [5, 5.41) is 10.2. The van der Waals surface area contributed by atoms with Gasteiger partial charge in [0.2, 0.25) is 0 Å². The fraction of sp³-hybridized carbons (Fsp3) is 0.467. The van der Waals surface area contributed by atoms with Crippen molar-refractivity contribution in [2.24, 2.45) is 11.3 Å². The number of piperidine rings is 1. The molecule has 3 N–H and O–H groups in total. The lowest BCUT2D eigenvalue weighted by atomic mass is 10.0. The Morgan fingerprint density at radius 1 is 1.65 bits per heavy atom. The molecule has 2 aromatic rings. The fourth-order valence-electron chi connectivity index (χ4n) is 3.79. The SMILES string of the molecule is CCC12CC1CN(c1cc(N)nc3[nH]cc(C#N)c13)C2. The maximum absolute atomic E-state index is 9.27. The number of hydrogen-bond donors (Lipinski definition) is 2. The summed E-state index contributed by atoms with van der Waals surface area (Å²) in [5.41, 5.74) is 8.84. The molecule has 4 rings (SSSR count). The average molecular weight is 267 g/mol. The number of aromatic amines is 1. The molecule has 0 amide bonds. The van der Waals surface area contributed by atoms with Crippen molar-refractivity contribution in [3.8, 4) is 6.07 Å². The van der Waals surface area contributed by atoms with E-state index in [4.69, 9.17) is 5.73 Å². The Kier molecular flexibility index (Phi) is 2.12. The van der Waals surface area contributed by atoms with Crippen molar-refractivity contribution in [2.75, 3.05) is 23.7 Å². The van der Waals surface area contributed by atoms with Crippen LogP contribution in [0.4, 0.5) is 11.5 Å². The Balaban J connectivity index is 1.84. The van der Waals surface area contributed by atoms with Crippen LogP contribution in [0.5, 0.6) is 0 Å². The van der Waals surface area contributed by atoms with E-state index in [1.807, 2.05) is 6.07 Å². The predicted octanol–water partition coefficient (Wildman–Crippen LogP) is 2.25. The van der Waals surface area contributed by atoms with Crippen molar-refractivity contribution >= 4 is 22.5 Å². The van der Waals surface area contributed by atoms with Gasteiger partial charge in [-0.15, -0.1) is 0 Å². The van der Waals surface area contributed by atoms with Crippen molar-refractivity contribution in [1.29, 1.82) is 5.26 Å². The fourth-order valence-corrected chi connectivity index (χ4v) is 3.79. The third kappa shape index (κ3) is 1.39. The monoisotopic (exact) mass is 267 g/mol. The first-order valence-electron chi connectivity index (χ1n) is 7.09.